The van der Waals surface area contributed by atoms with E-state index in [1.165, 1.54) is 12.1 Å². The Labute approximate surface area is 253 Å². The maximum absolute atomic E-state index is 14.2. The molecular weight excluding hydrogens is 542 g/mol. The molecule has 3 aliphatic carbocycles. The van der Waals surface area contributed by atoms with Crippen LogP contribution in [0.2, 0.25) is 0 Å². The van der Waals surface area contributed by atoms with Crippen LogP contribution in [0.4, 0.5) is 4.39 Å². The molecule has 6 atom stereocenters. The molecule has 3 aromatic carbocycles. The van der Waals surface area contributed by atoms with Gasteiger partial charge in [-0.05, 0) is 91.3 Å². The summed E-state index contributed by atoms with van der Waals surface area (Å²) in [5.41, 5.74) is 3.00. The van der Waals surface area contributed by atoms with Gasteiger partial charge in [-0.15, -0.1) is 0 Å². The van der Waals surface area contributed by atoms with Crippen LogP contribution in [-0.4, -0.2) is 36.6 Å². The number of hydrogen-bond donors (Lipinski definition) is 2. The van der Waals surface area contributed by atoms with Gasteiger partial charge in [0.1, 0.15) is 5.82 Å². The lowest BCUT2D eigenvalue weighted by Gasteiger charge is -2.64. The summed E-state index contributed by atoms with van der Waals surface area (Å²) in [5, 5.41) is 6.15. The van der Waals surface area contributed by atoms with Crippen LogP contribution in [0.25, 0.3) is 0 Å². The van der Waals surface area contributed by atoms with Crippen molar-refractivity contribution < 1.29 is 23.3 Å². The number of carbonyl (C=O) groups is 2. The lowest BCUT2D eigenvalue weighted by atomic mass is 9.43. The van der Waals surface area contributed by atoms with Gasteiger partial charge < -0.3 is 19.9 Å². The molecule has 43 heavy (non-hydrogen) atoms. The van der Waals surface area contributed by atoms with Crippen molar-refractivity contribution in [3.8, 4) is 0 Å². The van der Waals surface area contributed by atoms with E-state index in [0.29, 0.717) is 29.4 Å². The van der Waals surface area contributed by atoms with E-state index >= 15 is 0 Å². The Balaban J connectivity index is 1.23. The highest BCUT2D eigenvalue weighted by atomic mass is 19.1. The van der Waals surface area contributed by atoms with Crippen LogP contribution in [0, 0.1) is 30.0 Å². The fourth-order valence-electron chi connectivity index (χ4n) is 7.62. The van der Waals surface area contributed by atoms with E-state index in [-0.39, 0.29) is 29.8 Å². The van der Waals surface area contributed by atoms with Gasteiger partial charge in [-0.3, -0.25) is 9.59 Å². The molecule has 3 aromatic rings. The molecule has 0 aromatic heterocycles. The largest absolute Gasteiger partial charge is 0.482 e. The van der Waals surface area contributed by atoms with E-state index in [1.807, 2.05) is 18.2 Å². The van der Waals surface area contributed by atoms with Gasteiger partial charge in [0.25, 0.3) is 5.91 Å². The topological polar surface area (TPSA) is 76.7 Å². The summed E-state index contributed by atoms with van der Waals surface area (Å²) in [5.74, 6) is -0.483. The van der Waals surface area contributed by atoms with E-state index in [1.54, 1.807) is 36.4 Å². The first-order chi connectivity index (χ1) is 20.5. The zero-order valence-corrected chi connectivity index (χ0v) is 25.3. The number of rotatable bonds is 9. The Hall–Kier alpha value is -3.49. The number of aryl methyl sites for hydroxylation is 1. The Morgan fingerprint density at radius 2 is 1.72 bits per heavy atom. The Morgan fingerprint density at radius 3 is 2.44 bits per heavy atom. The zero-order valence-electron chi connectivity index (χ0n) is 25.3. The Kier molecular flexibility index (Phi) is 7.94. The van der Waals surface area contributed by atoms with Crippen molar-refractivity contribution in [1.82, 2.24) is 10.6 Å². The molecule has 7 rings (SSSR count). The van der Waals surface area contributed by atoms with E-state index in [0.717, 1.165) is 24.0 Å². The number of hydrogen-bond acceptors (Lipinski definition) is 4. The van der Waals surface area contributed by atoms with Gasteiger partial charge >= 0.3 is 7.12 Å². The van der Waals surface area contributed by atoms with Crippen LogP contribution < -0.4 is 10.6 Å². The van der Waals surface area contributed by atoms with Gasteiger partial charge in [0, 0.05) is 5.56 Å². The standard InChI is InChI=1S/C35H40BFN2O4/c1-22-11-8-9-14-24(22)18-31(36-42-30-20-26-19-29(34(26,2)3)35(30,4)43-36)39-32(40)21-28(25-15-10-16-27(37)17-25)38-33(41)23-12-6-5-7-13-23/h5-17,26,28-31H,18-21H2,1-4H3,(H,38,41)(H,39,40)/t26-,28?,29-,30+,31-,35-/m0/s1. The van der Waals surface area contributed by atoms with Crippen LogP contribution in [0.1, 0.15) is 73.1 Å². The second kappa shape index (κ2) is 11.5. The molecule has 1 saturated heterocycles. The van der Waals surface area contributed by atoms with Crippen LogP contribution >= 0.6 is 0 Å². The van der Waals surface area contributed by atoms with E-state index in [2.05, 4.69) is 50.5 Å². The Bertz CT molecular complexity index is 1500. The fraction of sp³-hybridized carbons (Fsp3) is 0.429. The highest BCUT2D eigenvalue weighted by molar-refractivity contribution is 6.48. The second-order valence-corrected chi connectivity index (χ2v) is 13.3. The van der Waals surface area contributed by atoms with Crippen molar-refractivity contribution in [3.05, 3.63) is 107 Å². The number of amides is 2. The molecule has 0 spiro atoms. The SMILES string of the molecule is Cc1ccccc1C[C@H](NC(=O)CC(NC(=O)c1ccccc1)c1cccc(F)c1)B1O[C@@H]2C[C@@H]3C[C@@H](C3(C)C)[C@]2(C)O1. The average molecular weight is 583 g/mol. The van der Waals surface area contributed by atoms with Crippen molar-refractivity contribution >= 4 is 18.9 Å². The van der Waals surface area contributed by atoms with Crippen LogP contribution in [0.5, 0.6) is 0 Å². The molecule has 2 bridgehead atoms. The number of halogens is 1. The van der Waals surface area contributed by atoms with Crippen molar-refractivity contribution in [3.63, 3.8) is 0 Å². The summed E-state index contributed by atoms with van der Waals surface area (Å²) in [4.78, 5) is 26.9. The predicted octanol–water partition coefficient (Wildman–Crippen LogP) is 5.99. The lowest BCUT2D eigenvalue weighted by Crippen LogP contribution is -2.65. The molecule has 1 unspecified atom stereocenters. The monoisotopic (exact) mass is 582 g/mol. The summed E-state index contributed by atoms with van der Waals surface area (Å²) in [7, 11) is -0.611. The van der Waals surface area contributed by atoms with Gasteiger partial charge in [-0.25, -0.2) is 4.39 Å². The minimum absolute atomic E-state index is 0.0178. The maximum atomic E-state index is 14.2. The van der Waals surface area contributed by atoms with Gasteiger partial charge in [0.2, 0.25) is 5.91 Å². The molecule has 4 aliphatic rings. The molecule has 1 aliphatic heterocycles. The van der Waals surface area contributed by atoms with Crippen LogP contribution in [0.3, 0.4) is 0 Å². The second-order valence-electron chi connectivity index (χ2n) is 13.3. The third-order valence-electron chi connectivity index (χ3n) is 10.3. The molecule has 4 fully saturated rings. The molecule has 6 nitrogen and oxygen atoms in total. The first kappa shape index (κ1) is 29.6. The highest BCUT2D eigenvalue weighted by Crippen LogP contribution is 2.65. The molecule has 2 amide bonds. The van der Waals surface area contributed by atoms with Crippen molar-refractivity contribution in [2.24, 2.45) is 17.3 Å². The number of nitrogens with one attached hydrogen (secondary N) is 2. The average Bonchev–Trinajstić information content (AvgIpc) is 3.35. The lowest BCUT2D eigenvalue weighted by molar-refractivity contribution is -0.199. The van der Waals surface area contributed by atoms with E-state index in [4.69, 9.17) is 9.31 Å². The third kappa shape index (κ3) is 5.75. The van der Waals surface area contributed by atoms with Gasteiger partial charge in [0.05, 0.1) is 30.1 Å². The molecule has 0 radical (unpaired) electrons. The first-order valence-electron chi connectivity index (χ1n) is 15.3. The van der Waals surface area contributed by atoms with Crippen molar-refractivity contribution in [2.45, 2.75) is 77.1 Å². The first-order valence-corrected chi connectivity index (χ1v) is 15.3. The van der Waals surface area contributed by atoms with Crippen LogP contribution in [0.15, 0.2) is 78.9 Å². The molecular formula is C35H40BFN2O4. The van der Waals surface area contributed by atoms with Gasteiger partial charge in [-0.1, -0.05) is 68.4 Å². The zero-order chi connectivity index (χ0) is 30.4. The summed E-state index contributed by atoms with van der Waals surface area (Å²) >= 11 is 0. The summed E-state index contributed by atoms with van der Waals surface area (Å²) in [6.07, 6.45) is 2.54. The Morgan fingerprint density at radius 1 is 0.977 bits per heavy atom. The van der Waals surface area contributed by atoms with E-state index in [9.17, 15) is 14.0 Å². The molecule has 8 heteroatoms. The summed E-state index contributed by atoms with van der Waals surface area (Å²) in [6.45, 7) is 8.88. The molecule has 3 saturated carbocycles. The summed E-state index contributed by atoms with van der Waals surface area (Å²) < 4.78 is 27.6. The third-order valence-corrected chi connectivity index (χ3v) is 10.3. The number of carbonyl (C=O) groups excluding carboxylic acids is 2. The fourth-order valence-corrected chi connectivity index (χ4v) is 7.62. The summed E-state index contributed by atoms with van der Waals surface area (Å²) in [6, 6.07) is 22.2. The molecule has 1 heterocycles. The molecule has 2 N–H and O–H groups in total. The highest BCUT2D eigenvalue weighted by Gasteiger charge is 2.68. The predicted molar refractivity (Wildman–Crippen MR) is 165 cm³/mol. The molecule has 224 valence electrons. The quantitative estimate of drug-likeness (QED) is 0.304. The van der Waals surface area contributed by atoms with Crippen molar-refractivity contribution in [1.29, 1.82) is 0 Å². The van der Waals surface area contributed by atoms with Gasteiger partial charge in [0.15, 0.2) is 0 Å². The maximum Gasteiger partial charge on any atom is 0.482 e. The van der Waals surface area contributed by atoms with Crippen molar-refractivity contribution in [2.75, 3.05) is 0 Å². The minimum Gasteiger partial charge on any atom is -0.404 e. The number of benzene rings is 3. The minimum atomic E-state index is -0.735. The smallest absolute Gasteiger partial charge is 0.404 e. The van der Waals surface area contributed by atoms with Gasteiger partial charge in [-0.2, -0.15) is 0 Å². The van der Waals surface area contributed by atoms with E-state index < -0.39 is 30.5 Å². The van der Waals surface area contributed by atoms with Crippen LogP contribution in [-0.2, 0) is 20.5 Å². The normalized spacial score (nSPS) is 26.5.